The number of hydrogen-bond acceptors (Lipinski definition) is 2. The number of halogens is 2. The van der Waals surface area contributed by atoms with E-state index in [1.54, 1.807) is 4.90 Å². The van der Waals surface area contributed by atoms with Crippen LogP contribution in [-0.2, 0) is 11.3 Å². The molecule has 1 heterocycles. The smallest absolute Gasteiger partial charge is 0.321 e. The van der Waals surface area contributed by atoms with E-state index < -0.39 is 11.6 Å². The SMILES string of the molecule is Cc1ccc(NC(=O)N2CCC[C@@H](OCc3cc(F)cc(F)c3)C2)cc1. The average molecular weight is 360 g/mol. The molecule has 0 spiro atoms. The number of hydrogen-bond donors (Lipinski definition) is 1. The average Bonchev–Trinajstić information content (AvgIpc) is 2.61. The third-order valence-corrected chi connectivity index (χ3v) is 4.38. The van der Waals surface area contributed by atoms with Gasteiger partial charge >= 0.3 is 6.03 Å². The van der Waals surface area contributed by atoms with Crippen molar-refractivity contribution in [2.45, 2.75) is 32.5 Å². The Balaban J connectivity index is 1.53. The Morgan fingerprint density at radius 2 is 1.88 bits per heavy atom. The molecule has 1 aliphatic rings. The van der Waals surface area contributed by atoms with Gasteiger partial charge in [0.1, 0.15) is 11.6 Å². The van der Waals surface area contributed by atoms with Crippen LogP contribution in [0.4, 0.5) is 19.3 Å². The van der Waals surface area contributed by atoms with Gasteiger partial charge in [0.05, 0.1) is 12.7 Å². The minimum atomic E-state index is -0.619. The summed E-state index contributed by atoms with van der Waals surface area (Å²) in [6, 6.07) is 10.8. The van der Waals surface area contributed by atoms with Crippen molar-refractivity contribution in [3.05, 3.63) is 65.2 Å². The number of carbonyl (C=O) groups is 1. The van der Waals surface area contributed by atoms with Crippen molar-refractivity contribution in [2.75, 3.05) is 18.4 Å². The molecule has 2 amide bonds. The molecule has 138 valence electrons. The standard InChI is InChI=1S/C20H22F2N2O2/c1-14-4-6-18(7-5-14)23-20(25)24-8-2-3-19(12-24)26-13-15-9-16(21)11-17(22)10-15/h4-7,9-11,19H,2-3,8,12-13H2,1H3,(H,23,25)/t19-/m1/s1. The molecule has 1 fully saturated rings. The molecule has 0 aliphatic carbocycles. The van der Waals surface area contributed by atoms with Gasteiger partial charge in [-0.1, -0.05) is 17.7 Å². The fraction of sp³-hybridized carbons (Fsp3) is 0.350. The Kier molecular flexibility index (Phi) is 5.83. The number of amides is 2. The van der Waals surface area contributed by atoms with E-state index in [9.17, 15) is 13.6 Å². The number of aryl methyl sites for hydroxylation is 1. The molecular formula is C20H22F2N2O2. The van der Waals surface area contributed by atoms with Gasteiger partial charge in [-0.3, -0.25) is 0 Å². The first kappa shape index (κ1) is 18.3. The summed E-state index contributed by atoms with van der Waals surface area (Å²) in [7, 11) is 0. The van der Waals surface area contributed by atoms with E-state index in [4.69, 9.17) is 4.74 Å². The number of nitrogens with one attached hydrogen (secondary N) is 1. The maximum atomic E-state index is 13.2. The molecule has 3 rings (SSSR count). The molecule has 1 N–H and O–H groups in total. The van der Waals surface area contributed by atoms with E-state index in [-0.39, 0.29) is 18.7 Å². The molecule has 0 bridgehead atoms. The van der Waals surface area contributed by atoms with E-state index >= 15 is 0 Å². The molecule has 2 aromatic rings. The molecule has 0 radical (unpaired) electrons. The minimum Gasteiger partial charge on any atom is -0.372 e. The summed E-state index contributed by atoms with van der Waals surface area (Å²) in [5.41, 5.74) is 2.32. The second-order valence-electron chi connectivity index (χ2n) is 6.60. The van der Waals surface area contributed by atoms with Crippen LogP contribution in [0.15, 0.2) is 42.5 Å². The highest BCUT2D eigenvalue weighted by molar-refractivity contribution is 5.89. The first-order valence-corrected chi connectivity index (χ1v) is 8.69. The highest BCUT2D eigenvalue weighted by Crippen LogP contribution is 2.18. The van der Waals surface area contributed by atoms with Crippen LogP contribution in [-0.4, -0.2) is 30.1 Å². The van der Waals surface area contributed by atoms with Crippen molar-refractivity contribution in [1.29, 1.82) is 0 Å². The Labute approximate surface area is 151 Å². The lowest BCUT2D eigenvalue weighted by molar-refractivity contribution is 0.000844. The summed E-state index contributed by atoms with van der Waals surface area (Å²) in [4.78, 5) is 14.1. The predicted molar refractivity (Wildman–Crippen MR) is 95.9 cm³/mol. The maximum Gasteiger partial charge on any atom is 0.321 e. The van der Waals surface area contributed by atoms with Gasteiger partial charge in [0.2, 0.25) is 0 Å². The highest BCUT2D eigenvalue weighted by atomic mass is 19.1. The van der Waals surface area contributed by atoms with Crippen LogP contribution in [0, 0.1) is 18.6 Å². The molecule has 4 nitrogen and oxygen atoms in total. The van der Waals surface area contributed by atoms with Crippen molar-refractivity contribution >= 4 is 11.7 Å². The Morgan fingerprint density at radius 1 is 1.19 bits per heavy atom. The lowest BCUT2D eigenvalue weighted by Gasteiger charge is -2.32. The van der Waals surface area contributed by atoms with Gasteiger partial charge in [-0.05, 0) is 49.6 Å². The van der Waals surface area contributed by atoms with Gasteiger partial charge in [-0.2, -0.15) is 0 Å². The van der Waals surface area contributed by atoms with Crippen LogP contribution in [0.25, 0.3) is 0 Å². The summed E-state index contributed by atoms with van der Waals surface area (Å²) in [5, 5.41) is 2.88. The largest absolute Gasteiger partial charge is 0.372 e. The number of nitrogens with zero attached hydrogens (tertiary/aromatic N) is 1. The summed E-state index contributed by atoms with van der Waals surface area (Å²) in [6.07, 6.45) is 1.48. The van der Waals surface area contributed by atoms with E-state index in [0.29, 0.717) is 18.7 Å². The molecular weight excluding hydrogens is 338 g/mol. The fourth-order valence-corrected chi connectivity index (χ4v) is 3.01. The number of ether oxygens (including phenoxy) is 1. The van der Waals surface area contributed by atoms with Gasteiger partial charge in [-0.15, -0.1) is 0 Å². The maximum absolute atomic E-state index is 13.2. The van der Waals surface area contributed by atoms with Crippen LogP contribution >= 0.6 is 0 Å². The third-order valence-electron chi connectivity index (χ3n) is 4.38. The summed E-state index contributed by atoms with van der Waals surface area (Å²) < 4.78 is 32.2. The van der Waals surface area contributed by atoms with Crippen LogP contribution in [0.2, 0.25) is 0 Å². The van der Waals surface area contributed by atoms with Crippen LogP contribution < -0.4 is 5.32 Å². The molecule has 26 heavy (non-hydrogen) atoms. The number of rotatable bonds is 4. The zero-order chi connectivity index (χ0) is 18.5. The number of benzene rings is 2. The van der Waals surface area contributed by atoms with Crippen molar-refractivity contribution in [3.8, 4) is 0 Å². The van der Waals surface area contributed by atoms with Crippen LogP contribution in [0.1, 0.15) is 24.0 Å². The zero-order valence-corrected chi connectivity index (χ0v) is 14.7. The molecule has 1 atom stereocenters. The third kappa shape index (κ3) is 5.02. The molecule has 0 saturated carbocycles. The van der Waals surface area contributed by atoms with E-state index in [1.165, 1.54) is 12.1 Å². The molecule has 0 unspecified atom stereocenters. The monoisotopic (exact) mass is 360 g/mol. The van der Waals surface area contributed by atoms with E-state index in [0.717, 1.165) is 30.2 Å². The normalized spacial score (nSPS) is 17.2. The first-order chi connectivity index (χ1) is 12.5. The molecule has 0 aromatic heterocycles. The van der Waals surface area contributed by atoms with Crippen molar-refractivity contribution in [3.63, 3.8) is 0 Å². The second-order valence-corrected chi connectivity index (χ2v) is 6.60. The molecule has 2 aromatic carbocycles. The second kappa shape index (κ2) is 8.27. The number of likely N-dealkylation sites (tertiary alicyclic amines) is 1. The van der Waals surface area contributed by atoms with E-state index in [2.05, 4.69) is 5.32 Å². The lowest BCUT2D eigenvalue weighted by Crippen LogP contribution is -2.45. The quantitative estimate of drug-likeness (QED) is 0.873. The van der Waals surface area contributed by atoms with Gasteiger partial charge in [0, 0.05) is 24.8 Å². The molecule has 6 heteroatoms. The predicted octanol–water partition coefficient (Wildman–Crippen LogP) is 4.49. The lowest BCUT2D eigenvalue weighted by atomic mass is 10.1. The van der Waals surface area contributed by atoms with Crippen molar-refractivity contribution in [2.24, 2.45) is 0 Å². The number of anilines is 1. The number of piperidine rings is 1. The molecule has 1 saturated heterocycles. The summed E-state index contributed by atoms with van der Waals surface area (Å²) in [6.45, 7) is 3.22. The molecule has 1 aliphatic heterocycles. The van der Waals surface area contributed by atoms with Crippen LogP contribution in [0.5, 0.6) is 0 Å². The van der Waals surface area contributed by atoms with Gasteiger partial charge in [0.25, 0.3) is 0 Å². The van der Waals surface area contributed by atoms with Crippen LogP contribution in [0.3, 0.4) is 0 Å². The van der Waals surface area contributed by atoms with Crippen molar-refractivity contribution < 1.29 is 18.3 Å². The Morgan fingerprint density at radius 3 is 2.58 bits per heavy atom. The first-order valence-electron chi connectivity index (χ1n) is 8.69. The summed E-state index contributed by atoms with van der Waals surface area (Å²) in [5.74, 6) is -1.24. The number of urea groups is 1. The van der Waals surface area contributed by atoms with Crippen molar-refractivity contribution in [1.82, 2.24) is 4.90 Å². The van der Waals surface area contributed by atoms with Gasteiger partial charge < -0.3 is 15.0 Å². The number of carbonyl (C=O) groups excluding carboxylic acids is 1. The van der Waals surface area contributed by atoms with E-state index in [1.807, 2.05) is 31.2 Å². The summed E-state index contributed by atoms with van der Waals surface area (Å²) >= 11 is 0. The minimum absolute atomic E-state index is 0.118. The zero-order valence-electron chi connectivity index (χ0n) is 14.7. The Bertz CT molecular complexity index is 745. The topological polar surface area (TPSA) is 41.6 Å². The van der Waals surface area contributed by atoms with Gasteiger partial charge in [0.15, 0.2) is 0 Å². The fourth-order valence-electron chi connectivity index (χ4n) is 3.01. The highest BCUT2D eigenvalue weighted by Gasteiger charge is 2.24. The van der Waals surface area contributed by atoms with Gasteiger partial charge in [-0.25, -0.2) is 13.6 Å². The Hall–Kier alpha value is -2.47.